The smallest absolute Gasteiger partial charge is 0.157 e. The molecule has 11 unspecified atom stereocenters. The van der Waals surface area contributed by atoms with Gasteiger partial charge in [0.05, 0.1) is 12.5 Å². The fourth-order valence-corrected chi connectivity index (χ4v) is 11.4. The molecule has 5 saturated carbocycles. The van der Waals surface area contributed by atoms with Gasteiger partial charge in [-0.05, 0) is 123 Å². The lowest BCUT2D eigenvalue weighted by molar-refractivity contribution is -0.211. The summed E-state index contributed by atoms with van der Waals surface area (Å²) in [6.07, 6.45) is 17.1. The predicted molar refractivity (Wildman–Crippen MR) is 136 cm³/mol. The SMILES string of the molecule is CC1C(=O)C(C=O)CC2(C)C1CCC1(C)C3CCC4(COC5CCCCO5)CCCC4C3CCC21. The molecule has 11 atom stereocenters. The van der Waals surface area contributed by atoms with Crippen LogP contribution in [0.2, 0.25) is 0 Å². The van der Waals surface area contributed by atoms with Gasteiger partial charge in [-0.25, -0.2) is 0 Å². The maximum absolute atomic E-state index is 12.9. The third-order valence-corrected chi connectivity index (χ3v) is 13.0. The molecule has 1 heterocycles. The highest BCUT2D eigenvalue weighted by Crippen LogP contribution is 2.71. The summed E-state index contributed by atoms with van der Waals surface area (Å²) < 4.78 is 12.4. The van der Waals surface area contributed by atoms with Crippen molar-refractivity contribution in [2.24, 2.45) is 57.7 Å². The minimum atomic E-state index is -0.376. The van der Waals surface area contributed by atoms with Gasteiger partial charge in [0.25, 0.3) is 0 Å². The van der Waals surface area contributed by atoms with E-state index in [1.807, 2.05) is 0 Å². The maximum Gasteiger partial charge on any atom is 0.157 e. The Kier molecular flexibility index (Phi) is 6.27. The van der Waals surface area contributed by atoms with Gasteiger partial charge in [-0.15, -0.1) is 0 Å². The van der Waals surface area contributed by atoms with E-state index in [0.717, 1.165) is 50.1 Å². The summed E-state index contributed by atoms with van der Waals surface area (Å²) >= 11 is 0. The van der Waals surface area contributed by atoms with Gasteiger partial charge in [-0.2, -0.15) is 0 Å². The number of Topliss-reactive ketones (excluding diaryl/α,β-unsaturated/α-hetero) is 1. The van der Waals surface area contributed by atoms with E-state index in [9.17, 15) is 9.59 Å². The molecule has 6 rings (SSSR count). The molecule has 4 nitrogen and oxygen atoms in total. The summed E-state index contributed by atoms with van der Waals surface area (Å²) in [5.74, 6) is 3.42. The largest absolute Gasteiger partial charge is 0.353 e. The first-order chi connectivity index (χ1) is 16.8. The molecule has 0 N–H and O–H groups in total. The Bertz CT molecular complexity index is 834. The minimum Gasteiger partial charge on any atom is -0.353 e. The van der Waals surface area contributed by atoms with Crippen molar-refractivity contribution in [3.63, 3.8) is 0 Å². The summed E-state index contributed by atoms with van der Waals surface area (Å²) in [7, 11) is 0. The molecule has 0 aromatic heterocycles. The van der Waals surface area contributed by atoms with E-state index in [-0.39, 0.29) is 29.3 Å². The Morgan fingerprint density at radius 1 is 0.914 bits per heavy atom. The topological polar surface area (TPSA) is 52.6 Å². The first kappa shape index (κ1) is 24.6. The van der Waals surface area contributed by atoms with E-state index in [2.05, 4.69) is 20.8 Å². The Morgan fingerprint density at radius 3 is 2.51 bits per heavy atom. The first-order valence-corrected chi connectivity index (χ1v) is 15.0. The van der Waals surface area contributed by atoms with Gasteiger partial charge < -0.3 is 14.3 Å². The van der Waals surface area contributed by atoms with Crippen LogP contribution in [-0.2, 0) is 19.1 Å². The van der Waals surface area contributed by atoms with E-state index >= 15 is 0 Å². The molecule has 0 bridgehead atoms. The highest BCUT2D eigenvalue weighted by molar-refractivity contribution is 5.95. The van der Waals surface area contributed by atoms with Crippen molar-refractivity contribution >= 4 is 12.1 Å². The number of fused-ring (bicyclic) bond motifs is 7. The van der Waals surface area contributed by atoms with Crippen LogP contribution in [0.4, 0.5) is 0 Å². The van der Waals surface area contributed by atoms with Crippen LogP contribution in [0.3, 0.4) is 0 Å². The quantitative estimate of drug-likeness (QED) is 0.333. The predicted octanol–water partition coefficient (Wildman–Crippen LogP) is 6.60. The summed E-state index contributed by atoms with van der Waals surface area (Å²) in [6.45, 7) is 8.99. The molecule has 6 fully saturated rings. The fourth-order valence-electron chi connectivity index (χ4n) is 11.4. The zero-order valence-corrected chi connectivity index (χ0v) is 22.4. The summed E-state index contributed by atoms with van der Waals surface area (Å²) in [5, 5.41) is 0. The van der Waals surface area contributed by atoms with Gasteiger partial charge >= 0.3 is 0 Å². The second-order valence-electron chi connectivity index (χ2n) is 14.2. The van der Waals surface area contributed by atoms with Gasteiger partial charge in [-0.1, -0.05) is 27.2 Å². The number of carbonyl (C=O) groups is 2. The number of hydrogen-bond donors (Lipinski definition) is 0. The number of rotatable bonds is 4. The van der Waals surface area contributed by atoms with Crippen LogP contribution in [0.25, 0.3) is 0 Å². The van der Waals surface area contributed by atoms with Crippen LogP contribution in [0, 0.1) is 57.7 Å². The Labute approximate surface area is 212 Å². The molecule has 196 valence electrons. The van der Waals surface area contributed by atoms with Crippen molar-refractivity contribution < 1.29 is 19.1 Å². The molecule has 4 heteroatoms. The molecule has 0 amide bonds. The van der Waals surface area contributed by atoms with Crippen LogP contribution in [0.5, 0.6) is 0 Å². The van der Waals surface area contributed by atoms with Crippen molar-refractivity contribution in [3.05, 3.63) is 0 Å². The summed E-state index contributed by atoms with van der Waals surface area (Å²) in [6, 6.07) is 0. The third kappa shape index (κ3) is 3.66. The average Bonchev–Trinajstić information content (AvgIpc) is 3.30. The Hall–Kier alpha value is -0.740. The van der Waals surface area contributed by atoms with Crippen molar-refractivity contribution in [1.82, 2.24) is 0 Å². The lowest BCUT2D eigenvalue weighted by Gasteiger charge is -2.67. The number of aldehydes is 1. The minimum absolute atomic E-state index is 0.0300. The van der Waals surface area contributed by atoms with E-state index in [1.165, 1.54) is 70.6 Å². The molecule has 0 radical (unpaired) electrons. The zero-order chi connectivity index (χ0) is 24.4. The van der Waals surface area contributed by atoms with Crippen molar-refractivity contribution in [2.75, 3.05) is 13.2 Å². The zero-order valence-electron chi connectivity index (χ0n) is 22.4. The van der Waals surface area contributed by atoms with Crippen LogP contribution in [0.15, 0.2) is 0 Å². The number of carbonyl (C=O) groups excluding carboxylic acids is 2. The molecule has 1 aliphatic heterocycles. The number of ether oxygens (including phenoxy) is 2. The summed E-state index contributed by atoms with van der Waals surface area (Å²) in [5.41, 5.74) is 0.854. The molecule has 5 aliphatic carbocycles. The normalized spacial score (nSPS) is 53.7. The standard InChI is InChI=1S/C31H48O4/c1-20-23-11-14-29(2)24-12-15-31(19-35-27-8-4-5-16-34-27)13-6-7-25(31)22(24)9-10-26(29)30(23,3)17-21(18-32)28(20)33/h18,20-27H,4-17,19H2,1-3H3. The molecular formula is C31H48O4. The van der Waals surface area contributed by atoms with Gasteiger partial charge in [0.15, 0.2) is 6.29 Å². The molecule has 35 heavy (non-hydrogen) atoms. The van der Waals surface area contributed by atoms with E-state index < -0.39 is 0 Å². The lowest BCUT2D eigenvalue weighted by atomic mass is 9.37. The lowest BCUT2D eigenvalue weighted by Crippen LogP contribution is -2.62. The summed E-state index contributed by atoms with van der Waals surface area (Å²) in [4.78, 5) is 24.8. The van der Waals surface area contributed by atoms with Crippen LogP contribution >= 0.6 is 0 Å². The van der Waals surface area contributed by atoms with Gasteiger partial charge in [0.2, 0.25) is 0 Å². The third-order valence-electron chi connectivity index (χ3n) is 13.0. The molecule has 0 aromatic rings. The molecule has 6 aliphatic rings. The second kappa shape index (κ2) is 8.93. The van der Waals surface area contributed by atoms with E-state index in [0.29, 0.717) is 22.7 Å². The van der Waals surface area contributed by atoms with Gasteiger partial charge in [0.1, 0.15) is 12.1 Å². The number of ketones is 1. The fraction of sp³-hybridized carbons (Fsp3) is 0.935. The monoisotopic (exact) mass is 484 g/mol. The maximum atomic E-state index is 12.9. The first-order valence-electron chi connectivity index (χ1n) is 15.0. The van der Waals surface area contributed by atoms with Crippen LogP contribution in [0.1, 0.15) is 104 Å². The highest BCUT2D eigenvalue weighted by Gasteiger charge is 2.65. The van der Waals surface area contributed by atoms with Crippen LogP contribution in [-0.4, -0.2) is 31.6 Å². The van der Waals surface area contributed by atoms with E-state index in [4.69, 9.17) is 9.47 Å². The van der Waals surface area contributed by atoms with Crippen molar-refractivity contribution in [2.45, 2.75) is 111 Å². The Balaban J connectivity index is 1.23. The molecular weight excluding hydrogens is 436 g/mol. The van der Waals surface area contributed by atoms with Crippen molar-refractivity contribution in [1.29, 1.82) is 0 Å². The second-order valence-corrected chi connectivity index (χ2v) is 14.2. The van der Waals surface area contributed by atoms with Crippen molar-refractivity contribution in [3.8, 4) is 0 Å². The average molecular weight is 485 g/mol. The highest BCUT2D eigenvalue weighted by atomic mass is 16.7. The van der Waals surface area contributed by atoms with Gasteiger partial charge in [-0.3, -0.25) is 4.79 Å². The molecule has 1 saturated heterocycles. The van der Waals surface area contributed by atoms with Gasteiger partial charge in [0, 0.05) is 12.5 Å². The van der Waals surface area contributed by atoms with Crippen LogP contribution < -0.4 is 0 Å². The van der Waals surface area contributed by atoms with E-state index in [1.54, 1.807) is 0 Å². The molecule has 0 spiro atoms. The Morgan fingerprint density at radius 2 is 1.74 bits per heavy atom. The molecule has 0 aromatic carbocycles. The number of hydrogen-bond acceptors (Lipinski definition) is 4.